The van der Waals surface area contributed by atoms with Crippen LogP contribution in [0.1, 0.15) is 27.2 Å². The van der Waals surface area contributed by atoms with Gasteiger partial charge in [0, 0.05) is 13.1 Å². The molecule has 0 aliphatic rings. The van der Waals surface area contributed by atoms with Gasteiger partial charge in [0.25, 0.3) is 0 Å². The molecular formula is C10H22N2O2. The maximum absolute atomic E-state index is 11.8. The predicted octanol–water partition coefficient (Wildman–Crippen LogP) is 0.201. The van der Waals surface area contributed by atoms with Crippen LogP contribution in [0.4, 0.5) is 0 Å². The summed E-state index contributed by atoms with van der Waals surface area (Å²) in [7, 11) is 0. The van der Waals surface area contributed by atoms with Crippen LogP contribution in [-0.2, 0) is 4.79 Å². The molecule has 1 atom stereocenters. The van der Waals surface area contributed by atoms with Gasteiger partial charge < -0.3 is 15.7 Å². The molecule has 4 nitrogen and oxygen atoms in total. The summed E-state index contributed by atoms with van der Waals surface area (Å²) in [6.45, 7) is 6.89. The Morgan fingerprint density at radius 1 is 1.43 bits per heavy atom. The van der Waals surface area contributed by atoms with Crippen molar-refractivity contribution in [3.8, 4) is 0 Å². The van der Waals surface area contributed by atoms with E-state index < -0.39 is 6.04 Å². The quantitative estimate of drug-likeness (QED) is 0.646. The zero-order valence-electron chi connectivity index (χ0n) is 9.36. The van der Waals surface area contributed by atoms with Crippen LogP contribution in [0.25, 0.3) is 0 Å². The summed E-state index contributed by atoms with van der Waals surface area (Å²) in [5.41, 5.74) is 5.75. The second-order valence-electron chi connectivity index (χ2n) is 3.82. The van der Waals surface area contributed by atoms with Gasteiger partial charge in [-0.1, -0.05) is 20.8 Å². The number of nitrogens with two attached hydrogens (primary N) is 1. The Labute approximate surface area is 86.1 Å². The molecule has 0 aromatic carbocycles. The standard InChI is InChI=1S/C10H22N2O2/c1-4-5-12(6-7-13)10(14)9(11)8(2)3/h8-9,13H,4-7,11H2,1-3H3/t9-/m1/s1. The number of hydrogen-bond acceptors (Lipinski definition) is 3. The molecule has 1 amide bonds. The van der Waals surface area contributed by atoms with Crippen molar-refractivity contribution in [2.45, 2.75) is 33.2 Å². The highest BCUT2D eigenvalue weighted by molar-refractivity contribution is 5.81. The molecule has 0 saturated carbocycles. The van der Waals surface area contributed by atoms with E-state index in [0.29, 0.717) is 13.1 Å². The van der Waals surface area contributed by atoms with Crippen molar-refractivity contribution in [1.82, 2.24) is 4.90 Å². The van der Waals surface area contributed by atoms with E-state index in [2.05, 4.69) is 0 Å². The van der Waals surface area contributed by atoms with Crippen molar-refractivity contribution >= 4 is 5.91 Å². The maximum Gasteiger partial charge on any atom is 0.239 e. The fraction of sp³-hybridized carbons (Fsp3) is 0.900. The lowest BCUT2D eigenvalue weighted by atomic mass is 10.0. The first-order valence-corrected chi connectivity index (χ1v) is 5.19. The molecule has 0 bridgehead atoms. The largest absolute Gasteiger partial charge is 0.395 e. The van der Waals surface area contributed by atoms with E-state index in [9.17, 15) is 4.79 Å². The molecule has 84 valence electrons. The van der Waals surface area contributed by atoms with Gasteiger partial charge in [-0.2, -0.15) is 0 Å². The van der Waals surface area contributed by atoms with E-state index in [1.807, 2.05) is 20.8 Å². The monoisotopic (exact) mass is 202 g/mol. The summed E-state index contributed by atoms with van der Waals surface area (Å²) in [6.07, 6.45) is 0.885. The van der Waals surface area contributed by atoms with Crippen molar-refractivity contribution in [3.63, 3.8) is 0 Å². The Kier molecular flexibility index (Phi) is 6.49. The van der Waals surface area contributed by atoms with Gasteiger partial charge in [0.15, 0.2) is 0 Å². The van der Waals surface area contributed by atoms with Crippen molar-refractivity contribution in [2.75, 3.05) is 19.7 Å². The molecular weight excluding hydrogens is 180 g/mol. The van der Waals surface area contributed by atoms with Gasteiger partial charge in [-0.05, 0) is 12.3 Å². The Hall–Kier alpha value is -0.610. The molecule has 0 aliphatic heterocycles. The molecule has 0 spiro atoms. The van der Waals surface area contributed by atoms with E-state index >= 15 is 0 Å². The lowest BCUT2D eigenvalue weighted by Crippen LogP contribution is -2.47. The zero-order valence-corrected chi connectivity index (χ0v) is 9.36. The second kappa shape index (κ2) is 6.79. The molecule has 0 aromatic heterocycles. The van der Waals surface area contributed by atoms with Gasteiger partial charge in [0.2, 0.25) is 5.91 Å². The van der Waals surface area contributed by atoms with Crippen molar-refractivity contribution < 1.29 is 9.90 Å². The lowest BCUT2D eigenvalue weighted by Gasteiger charge is -2.26. The zero-order chi connectivity index (χ0) is 11.1. The molecule has 14 heavy (non-hydrogen) atoms. The van der Waals surface area contributed by atoms with Gasteiger partial charge in [-0.15, -0.1) is 0 Å². The smallest absolute Gasteiger partial charge is 0.239 e. The molecule has 0 aliphatic carbocycles. The van der Waals surface area contributed by atoms with Crippen molar-refractivity contribution in [2.24, 2.45) is 11.7 Å². The summed E-state index contributed by atoms with van der Waals surface area (Å²) >= 11 is 0. The minimum absolute atomic E-state index is 0.00342. The first-order valence-electron chi connectivity index (χ1n) is 5.19. The van der Waals surface area contributed by atoms with E-state index in [4.69, 9.17) is 10.8 Å². The highest BCUT2D eigenvalue weighted by Crippen LogP contribution is 2.04. The molecule has 0 saturated heterocycles. The average Bonchev–Trinajstić information content (AvgIpc) is 2.15. The topological polar surface area (TPSA) is 66.6 Å². The first-order chi connectivity index (χ1) is 6.54. The van der Waals surface area contributed by atoms with Crippen LogP contribution in [0.5, 0.6) is 0 Å². The van der Waals surface area contributed by atoms with Gasteiger partial charge in [-0.3, -0.25) is 4.79 Å². The number of nitrogens with zero attached hydrogens (tertiary/aromatic N) is 1. The highest BCUT2D eigenvalue weighted by Gasteiger charge is 2.22. The number of aliphatic hydroxyl groups excluding tert-OH is 1. The molecule has 0 fully saturated rings. The number of hydrogen-bond donors (Lipinski definition) is 2. The van der Waals surface area contributed by atoms with Crippen LogP contribution in [0.3, 0.4) is 0 Å². The van der Waals surface area contributed by atoms with Crippen molar-refractivity contribution in [3.05, 3.63) is 0 Å². The van der Waals surface area contributed by atoms with Crippen LogP contribution >= 0.6 is 0 Å². The minimum Gasteiger partial charge on any atom is -0.395 e. The Balaban J connectivity index is 4.26. The summed E-state index contributed by atoms with van der Waals surface area (Å²) in [5.74, 6) is 0.0800. The summed E-state index contributed by atoms with van der Waals surface area (Å²) in [5, 5.41) is 8.80. The van der Waals surface area contributed by atoms with Crippen LogP contribution in [0.2, 0.25) is 0 Å². The normalized spacial score (nSPS) is 13.0. The maximum atomic E-state index is 11.8. The molecule has 0 unspecified atom stereocenters. The molecule has 0 aromatic rings. The molecule has 4 heteroatoms. The van der Waals surface area contributed by atoms with Crippen LogP contribution in [0, 0.1) is 5.92 Å². The predicted molar refractivity (Wildman–Crippen MR) is 56.8 cm³/mol. The number of carbonyl (C=O) groups is 1. The Morgan fingerprint density at radius 3 is 2.36 bits per heavy atom. The lowest BCUT2D eigenvalue weighted by molar-refractivity contribution is -0.134. The number of rotatable bonds is 6. The third kappa shape index (κ3) is 4.07. The summed E-state index contributed by atoms with van der Waals surface area (Å²) in [6, 6.07) is -0.451. The van der Waals surface area contributed by atoms with Crippen LogP contribution < -0.4 is 5.73 Å². The molecule has 0 radical (unpaired) electrons. The number of carbonyl (C=O) groups excluding carboxylic acids is 1. The van der Waals surface area contributed by atoms with Gasteiger partial charge in [-0.25, -0.2) is 0 Å². The fourth-order valence-electron chi connectivity index (χ4n) is 1.22. The second-order valence-corrected chi connectivity index (χ2v) is 3.82. The summed E-state index contributed by atoms with van der Waals surface area (Å²) < 4.78 is 0. The first kappa shape index (κ1) is 13.4. The van der Waals surface area contributed by atoms with Gasteiger partial charge >= 0.3 is 0 Å². The van der Waals surface area contributed by atoms with Crippen LogP contribution in [0.15, 0.2) is 0 Å². The summed E-state index contributed by atoms with van der Waals surface area (Å²) in [4.78, 5) is 13.4. The highest BCUT2D eigenvalue weighted by atomic mass is 16.3. The van der Waals surface area contributed by atoms with E-state index in [0.717, 1.165) is 6.42 Å². The fourth-order valence-corrected chi connectivity index (χ4v) is 1.22. The Morgan fingerprint density at radius 2 is 2.00 bits per heavy atom. The molecule has 0 heterocycles. The average molecular weight is 202 g/mol. The minimum atomic E-state index is -0.451. The molecule has 0 rings (SSSR count). The SMILES string of the molecule is CCCN(CCO)C(=O)[C@H](N)C(C)C. The number of aliphatic hydroxyl groups is 1. The van der Waals surface area contributed by atoms with Gasteiger partial charge in [0.1, 0.15) is 0 Å². The van der Waals surface area contributed by atoms with E-state index in [1.165, 1.54) is 0 Å². The van der Waals surface area contributed by atoms with Gasteiger partial charge in [0.05, 0.1) is 12.6 Å². The molecule has 3 N–H and O–H groups in total. The third-order valence-electron chi connectivity index (χ3n) is 2.18. The van der Waals surface area contributed by atoms with Crippen molar-refractivity contribution in [1.29, 1.82) is 0 Å². The van der Waals surface area contributed by atoms with Crippen LogP contribution in [-0.4, -0.2) is 41.7 Å². The Bertz CT molecular complexity index is 166. The number of amides is 1. The third-order valence-corrected chi connectivity index (χ3v) is 2.18. The van der Waals surface area contributed by atoms with E-state index in [-0.39, 0.29) is 18.4 Å². The van der Waals surface area contributed by atoms with E-state index in [1.54, 1.807) is 4.90 Å².